The number of hydrogen-bond acceptors (Lipinski definition) is 4. The van der Waals surface area contributed by atoms with Crippen molar-refractivity contribution in [1.29, 1.82) is 0 Å². The highest BCUT2D eigenvalue weighted by molar-refractivity contribution is 7.25. The molecule has 6 heteroatoms. The van der Waals surface area contributed by atoms with Gasteiger partial charge in [-0.05, 0) is 116 Å². The van der Waals surface area contributed by atoms with E-state index in [2.05, 4.69) is 193 Å². The van der Waals surface area contributed by atoms with E-state index in [4.69, 9.17) is 9.40 Å². The van der Waals surface area contributed by atoms with Gasteiger partial charge in [0.05, 0.1) is 5.52 Å². The van der Waals surface area contributed by atoms with E-state index < -0.39 is 0 Å². The lowest BCUT2D eigenvalue weighted by molar-refractivity contribution is 0.590. The van der Waals surface area contributed by atoms with Crippen molar-refractivity contribution in [2.75, 3.05) is 5.32 Å². The average Bonchev–Trinajstić information content (AvgIpc) is 4.04. The van der Waals surface area contributed by atoms with Gasteiger partial charge in [0.2, 0.25) is 5.89 Å². The molecule has 0 spiro atoms. The molecule has 11 aromatic rings. The van der Waals surface area contributed by atoms with Crippen LogP contribution in [0.5, 0.6) is 0 Å². The van der Waals surface area contributed by atoms with Crippen molar-refractivity contribution in [2.45, 2.75) is 71.6 Å². The highest BCUT2D eigenvalue weighted by Crippen LogP contribution is 2.58. The standard InChI is InChI=1S/C60H50BN3OS/c1-58(2,3)34-22-25-36(26-23-34)62-44-31-50-39(37-18-13-15-21-49(37)66-50)29-40(44)53-54-51(38-19-12-14-20-42(38)60(54,7)8)52-41-28-35(59(4,5)6)24-27-46(41)64-47-32-48-45(30-43(47)61-55(53)56(52)64)63-57(65-48)33-16-10-9-11-17-33/h9-32,61-62H,1-8H3. The normalized spacial score (nSPS) is 14.0. The molecule has 1 aliphatic heterocycles. The third-order valence-electron chi connectivity index (χ3n) is 14.7. The third kappa shape index (κ3) is 5.67. The van der Waals surface area contributed by atoms with Gasteiger partial charge in [0.25, 0.3) is 0 Å². The summed E-state index contributed by atoms with van der Waals surface area (Å²) in [4.78, 5) is 5.13. The highest BCUT2D eigenvalue weighted by atomic mass is 32.1. The van der Waals surface area contributed by atoms with Crippen molar-refractivity contribution >= 4 is 94.0 Å². The first kappa shape index (κ1) is 39.5. The molecule has 0 saturated carbocycles. The number of anilines is 2. The second-order valence-corrected chi connectivity index (χ2v) is 22.4. The number of fused-ring (bicyclic) bond motifs is 13. The van der Waals surface area contributed by atoms with Crippen LogP contribution < -0.4 is 16.2 Å². The van der Waals surface area contributed by atoms with E-state index in [1.54, 1.807) is 0 Å². The smallest absolute Gasteiger partial charge is 0.227 e. The Hall–Kier alpha value is -6.89. The van der Waals surface area contributed by atoms with E-state index in [1.165, 1.54) is 97.4 Å². The van der Waals surface area contributed by atoms with Gasteiger partial charge >= 0.3 is 0 Å². The van der Waals surface area contributed by atoms with Crippen LogP contribution in [0.15, 0.2) is 150 Å². The summed E-state index contributed by atoms with van der Waals surface area (Å²) < 4.78 is 11.8. The first-order chi connectivity index (χ1) is 31.7. The van der Waals surface area contributed by atoms with E-state index in [-0.39, 0.29) is 16.2 Å². The molecule has 2 aliphatic rings. The molecule has 0 saturated heterocycles. The van der Waals surface area contributed by atoms with Gasteiger partial charge in [-0.25, -0.2) is 4.98 Å². The van der Waals surface area contributed by atoms with Crippen LogP contribution in [0.4, 0.5) is 11.4 Å². The quantitative estimate of drug-likeness (QED) is 0.179. The van der Waals surface area contributed by atoms with E-state index in [1.807, 2.05) is 29.5 Å². The van der Waals surface area contributed by atoms with E-state index in [9.17, 15) is 0 Å². The van der Waals surface area contributed by atoms with Crippen LogP contribution in [0.1, 0.15) is 77.6 Å². The predicted molar refractivity (Wildman–Crippen MR) is 283 cm³/mol. The van der Waals surface area contributed by atoms with E-state index >= 15 is 0 Å². The van der Waals surface area contributed by atoms with E-state index in [0.29, 0.717) is 5.89 Å². The monoisotopic (exact) mass is 871 g/mol. The van der Waals surface area contributed by atoms with Crippen molar-refractivity contribution in [3.63, 3.8) is 0 Å². The number of nitrogens with one attached hydrogen (secondary N) is 1. The minimum absolute atomic E-state index is 0.0337. The van der Waals surface area contributed by atoms with Gasteiger partial charge in [0.1, 0.15) is 5.52 Å². The van der Waals surface area contributed by atoms with Crippen molar-refractivity contribution < 1.29 is 4.42 Å². The Bertz CT molecular complexity index is 3850. The molecule has 66 heavy (non-hydrogen) atoms. The Kier molecular flexibility index (Phi) is 8.13. The molecule has 13 rings (SSSR count). The lowest BCUT2D eigenvalue weighted by atomic mass is 9.57. The zero-order valence-electron chi connectivity index (χ0n) is 38.8. The molecule has 0 amide bonds. The number of thiophene rings is 1. The maximum absolute atomic E-state index is 6.63. The minimum atomic E-state index is -0.305. The molecule has 1 N–H and O–H groups in total. The van der Waals surface area contributed by atoms with Crippen LogP contribution in [0.3, 0.4) is 0 Å². The fraction of sp³-hybridized carbons (Fsp3) is 0.183. The molecule has 8 aromatic carbocycles. The first-order valence-corrected chi connectivity index (χ1v) is 24.1. The molecule has 3 aromatic heterocycles. The Labute approximate surface area is 390 Å². The summed E-state index contributed by atoms with van der Waals surface area (Å²) in [6, 6.07) is 54.2. The molecule has 4 heterocycles. The predicted octanol–water partition coefficient (Wildman–Crippen LogP) is 15.0. The summed E-state index contributed by atoms with van der Waals surface area (Å²) in [6.45, 7) is 18.7. The fourth-order valence-corrected chi connectivity index (χ4v) is 12.5. The summed E-state index contributed by atoms with van der Waals surface area (Å²) in [7, 11) is 0.745. The zero-order chi connectivity index (χ0) is 45.0. The summed E-state index contributed by atoms with van der Waals surface area (Å²) in [5, 5.41) is 9.27. The summed E-state index contributed by atoms with van der Waals surface area (Å²) in [6.07, 6.45) is 0. The number of hydrogen-bond donors (Lipinski definition) is 1. The Morgan fingerprint density at radius 1 is 0.652 bits per heavy atom. The Balaban J connectivity index is 1.18. The highest BCUT2D eigenvalue weighted by Gasteiger charge is 2.43. The van der Waals surface area contributed by atoms with Crippen LogP contribution in [-0.4, -0.2) is 16.8 Å². The summed E-state index contributed by atoms with van der Waals surface area (Å²) >= 11 is 1.88. The minimum Gasteiger partial charge on any atom is -0.436 e. The van der Waals surface area contributed by atoms with Crippen LogP contribution in [0.2, 0.25) is 0 Å². The summed E-state index contributed by atoms with van der Waals surface area (Å²) in [5.74, 6) is 0.642. The second-order valence-electron chi connectivity index (χ2n) is 21.3. The third-order valence-corrected chi connectivity index (χ3v) is 15.8. The number of nitrogens with zero attached hydrogens (tertiary/aromatic N) is 2. The van der Waals surface area contributed by atoms with Gasteiger partial charge in [-0.15, -0.1) is 11.3 Å². The lowest BCUT2D eigenvalue weighted by Crippen LogP contribution is -2.38. The van der Waals surface area contributed by atoms with Gasteiger partial charge in [0.15, 0.2) is 12.9 Å². The molecule has 0 fully saturated rings. The molecule has 1 aliphatic carbocycles. The molecule has 0 radical (unpaired) electrons. The van der Waals surface area contributed by atoms with Crippen LogP contribution in [0, 0.1) is 0 Å². The molecule has 0 unspecified atom stereocenters. The van der Waals surface area contributed by atoms with Crippen molar-refractivity contribution in [3.8, 4) is 39.4 Å². The van der Waals surface area contributed by atoms with E-state index in [0.717, 1.165) is 41.0 Å². The van der Waals surface area contributed by atoms with Gasteiger partial charge in [-0.2, -0.15) is 0 Å². The fourth-order valence-electron chi connectivity index (χ4n) is 11.4. The maximum Gasteiger partial charge on any atom is 0.227 e. The van der Waals surface area contributed by atoms with Crippen LogP contribution in [-0.2, 0) is 16.2 Å². The van der Waals surface area contributed by atoms with Gasteiger partial charge in [-0.1, -0.05) is 140 Å². The number of oxazole rings is 1. The van der Waals surface area contributed by atoms with Crippen molar-refractivity contribution in [3.05, 3.63) is 168 Å². The van der Waals surface area contributed by atoms with Gasteiger partial charge in [0, 0.05) is 76.1 Å². The largest absolute Gasteiger partial charge is 0.436 e. The summed E-state index contributed by atoms with van der Waals surface area (Å²) in [5.41, 5.74) is 21.4. The van der Waals surface area contributed by atoms with Gasteiger partial charge in [-0.3, -0.25) is 0 Å². The number of rotatable bonds is 4. The topological polar surface area (TPSA) is 43.0 Å². The van der Waals surface area contributed by atoms with Crippen LogP contribution >= 0.6 is 11.3 Å². The lowest BCUT2D eigenvalue weighted by Gasteiger charge is -2.30. The average molecular weight is 872 g/mol. The van der Waals surface area contributed by atoms with Gasteiger partial charge < -0.3 is 14.3 Å². The zero-order valence-corrected chi connectivity index (χ0v) is 39.6. The Morgan fingerprint density at radius 2 is 1.38 bits per heavy atom. The molecular weight excluding hydrogens is 822 g/mol. The molecule has 320 valence electrons. The molecule has 0 bridgehead atoms. The maximum atomic E-state index is 6.63. The van der Waals surface area contributed by atoms with Crippen molar-refractivity contribution in [2.24, 2.45) is 0 Å². The molecule has 0 atom stereocenters. The SMILES string of the molecule is CC(C)(C)c1ccc(Nc2cc3sc4ccccc4c3cc2-c2c3c(c4c5cc(C(C)(C)C)ccc5n5c4c2Bc2cc4nc(-c6ccccc6)oc4cc2-5)-c2ccccc2C3(C)C)cc1. The Morgan fingerprint density at radius 3 is 2.17 bits per heavy atom. The number of benzene rings is 8. The van der Waals surface area contributed by atoms with Crippen molar-refractivity contribution in [1.82, 2.24) is 9.55 Å². The number of aromatic nitrogens is 2. The second kappa shape index (κ2) is 13.6. The van der Waals surface area contributed by atoms with Crippen LogP contribution in [0.25, 0.3) is 92.5 Å². The molecule has 4 nitrogen and oxygen atoms in total. The first-order valence-electron chi connectivity index (χ1n) is 23.3. The molecular formula is C60H50BN3OS.